The van der Waals surface area contributed by atoms with Crippen LogP contribution in [0.15, 0.2) is 48.5 Å². The minimum Gasteiger partial charge on any atom is -0.268 e. The van der Waals surface area contributed by atoms with Gasteiger partial charge in [-0.15, -0.1) is 0 Å². The first-order chi connectivity index (χ1) is 14.1. The number of nitrogens with zero attached hydrogens (tertiary/aromatic N) is 2. The normalized spacial score (nSPS) is 19.4. The Labute approximate surface area is 171 Å². The van der Waals surface area contributed by atoms with Crippen LogP contribution in [0.3, 0.4) is 0 Å². The molecule has 152 valence electrons. The van der Waals surface area contributed by atoms with Gasteiger partial charge in [0.2, 0.25) is 0 Å². The van der Waals surface area contributed by atoms with E-state index in [2.05, 4.69) is 6.92 Å². The van der Waals surface area contributed by atoms with Gasteiger partial charge < -0.3 is 0 Å². The molecule has 4 heteroatoms. The summed E-state index contributed by atoms with van der Waals surface area (Å²) in [5.41, 5.74) is 3.50. The molecule has 1 heterocycles. The molecule has 2 aromatic carbocycles. The van der Waals surface area contributed by atoms with Crippen molar-refractivity contribution in [2.24, 2.45) is 11.8 Å². The first-order valence-corrected chi connectivity index (χ1v) is 10.7. The van der Waals surface area contributed by atoms with E-state index in [4.69, 9.17) is 5.10 Å². The van der Waals surface area contributed by atoms with Gasteiger partial charge in [-0.2, -0.15) is 5.10 Å². The van der Waals surface area contributed by atoms with Gasteiger partial charge in [0.1, 0.15) is 5.69 Å². The van der Waals surface area contributed by atoms with Gasteiger partial charge in [-0.05, 0) is 37.7 Å². The standard InChI is InChI=1S/C25H28F2N2/c1-3-18-12-14-19(15-13-18)16-29-17(2)23(21-10-7-11-22(26)24(21)27)25(28-29)20-8-5-4-6-9-20/h4-11,18-19H,3,12-16H2,1-2H3. The molecule has 2 nitrogen and oxygen atoms in total. The van der Waals surface area contributed by atoms with Crippen LogP contribution in [-0.2, 0) is 6.54 Å². The average Bonchev–Trinajstić information content (AvgIpc) is 3.07. The van der Waals surface area contributed by atoms with Gasteiger partial charge in [0.15, 0.2) is 11.6 Å². The molecular formula is C25H28F2N2. The molecule has 0 bridgehead atoms. The molecule has 1 aromatic heterocycles. The Kier molecular flexibility index (Phi) is 5.79. The minimum atomic E-state index is -0.827. The van der Waals surface area contributed by atoms with Gasteiger partial charge in [-0.1, -0.05) is 68.7 Å². The zero-order chi connectivity index (χ0) is 20.4. The van der Waals surface area contributed by atoms with Crippen molar-refractivity contribution in [1.82, 2.24) is 9.78 Å². The Morgan fingerprint density at radius 1 is 0.931 bits per heavy atom. The second-order valence-corrected chi connectivity index (χ2v) is 8.25. The molecule has 1 aliphatic rings. The monoisotopic (exact) mass is 394 g/mol. The fraction of sp³-hybridized carbons (Fsp3) is 0.400. The van der Waals surface area contributed by atoms with Crippen molar-refractivity contribution < 1.29 is 8.78 Å². The maximum Gasteiger partial charge on any atom is 0.166 e. The van der Waals surface area contributed by atoms with Crippen LogP contribution < -0.4 is 0 Å². The quantitative estimate of drug-likeness (QED) is 0.455. The van der Waals surface area contributed by atoms with Crippen LogP contribution in [0.5, 0.6) is 0 Å². The van der Waals surface area contributed by atoms with E-state index in [1.165, 1.54) is 32.1 Å². The summed E-state index contributed by atoms with van der Waals surface area (Å²) in [7, 11) is 0. The lowest BCUT2D eigenvalue weighted by atomic mass is 9.81. The van der Waals surface area contributed by atoms with E-state index >= 15 is 0 Å². The van der Waals surface area contributed by atoms with Crippen LogP contribution in [0.4, 0.5) is 8.78 Å². The number of hydrogen-bond donors (Lipinski definition) is 0. The summed E-state index contributed by atoms with van der Waals surface area (Å²) < 4.78 is 30.7. The molecule has 1 saturated carbocycles. The van der Waals surface area contributed by atoms with E-state index in [0.717, 1.165) is 35.5 Å². The topological polar surface area (TPSA) is 17.8 Å². The molecule has 0 N–H and O–H groups in total. The molecule has 1 fully saturated rings. The predicted molar refractivity (Wildman–Crippen MR) is 113 cm³/mol. The highest BCUT2D eigenvalue weighted by Crippen LogP contribution is 2.38. The van der Waals surface area contributed by atoms with Crippen molar-refractivity contribution in [3.63, 3.8) is 0 Å². The highest BCUT2D eigenvalue weighted by atomic mass is 19.2. The highest BCUT2D eigenvalue weighted by molar-refractivity contribution is 5.83. The van der Waals surface area contributed by atoms with Crippen molar-refractivity contribution in [1.29, 1.82) is 0 Å². The second kappa shape index (κ2) is 8.48. The summed E-state index contributed by atoms with van der Waals surface area (Å²) in [6.07, 6.45) is 6.23. The number of hydrogen-bond acceptors (Lipinski definition) is 1. The van der Waals surface area contributed by atoms with Crippen LogP contribution >= 0.6 is 0 Å². The second-order valence-electron chi connectivity index (χ2n) is 8.25. The first kappa shape index (κ1) is 19.8. The van der Waals surface area contributed by atoms with Crippen LogP contribution in [0.1, 0.15) is 44.7 Å². The fourth-order valence-electron chi connectivity index (χ4n) is 4.61. The maximum absolute atomic E-state index is 14.7. The van der Waals surface area contributed by atoms with E-state index < -0.39 is 11.6 Å². The minimum absolute atomic E-state index is 0.280. The number of aromatic nitrogens is 2. The van der Waals surface area contributed by atoms with Crippen molar-refractivity contribution >= 4 is 0 Å². The van der Waals surface area contributed by atoms with Gasteiger partial charge in [0.25, 0.3) is 0 Å². The third kappa shape index (κ3) is 3.98. The summed E-state index contributed by atoms with van der Waals surface area (Å²) in [6.45, 7) is 5.07. The summed E-state index contributed by atoms with van der Waals surface area (Å²) in [5, 5.41) is 4.89. The van der Waals surface area contributed by atoms with Crippen molar-refractivity contribution in [3.8, 4) is 22.4 Å². The lowest BCUT2D eigenvalue weighted by molar-refractivity contribution is 0.241. The Morgan fingerprint density at radius 2 is 1.62 bits per heavy atom. The van der Waals surface area contributed by atoms with Crippen molar-refractivity contribution in [3.05, 3.63) is 65.9 Å². The van der Waals surface area contributed by atoms with Gasteiger partial charge in [-0.25, -0.2) is 8.78 Å². The summed E-state index contributed by atoms with van der Waals surface area (Å²) in [4.78, 5) is 0. The molecule has 3 aromatic rings. The summed E-state index contributed by atoms with van der Waals surface area (Å²) in [5.74, 6) is -0.200. The van der Waals surface area contributed by atoms with E-state index in [9.17, 15) is 8.78 Å². The number of benzene rings is 2. The molecule has 1 aliphatic carbocycles. The van der Waals surface area contributed by atoms with E-state index in [1.54, 1.807) is 12.1 Å². The highest BCUT2D eigenvalue weighted by Gasteiger charge is 2.25. The van der Waals surface area contributed by atoms with Gasteiger partial charge in [0.05, 0.1) is 0 Å². The molecule has 0 atom stereocenters. The van der Waals surface area contributed by atoms with Gasteiger partial charge in [0, 0.05) is 28.9 Å². The third-order valence-corrected chi connectivity index (χ3v) is 6.45. The van der Waals surface area contributed by atoms with Crippen LogP contribution in [0, 0.1) is 30.4 Å². The SMILES string of the molecule is CCC1CCC(Cn2nc(-c3ccccc3)c(-c3cccc(F)c3F)c2C)CC1. The van der Waals surface area contributed by atoms with E-state index in [1.807, 2.05) is 41.9 Å². The van der Waals surface area contributed by atoms with Crippen LogP contribution in [0.25, 0.3) is 22.4 Å². The van der Waals surface area contributed by atoms with Gasteiger partial charge in [-0.3, -0.25) is 4.68 Å². The van der Waals surface area contributed by atoms with E-state index in [0.29, 0.717) is 11.5 Å². The van der Waals surface area contributed by atoms with Crippen LogP contribution in [0.2, 0.25) is 0 Å². The van der Waals surface area contributed by atoms with Crippen LogP contribution in [-0.4, -0.2) is 9.78 Å². The molecule has 0 amide bonds. The lowest BCUT2D eigenvalue weighted by Gasteiger charge is -2.28. The number of halogens is 2. The first-order valence-electron chi connectivity index (χ1n) is 10.7. The largest absolute Gasteiger partial charge is 0.268 e. The number of rotatable bonds is 5. The Morgan fingerprint density at radius 3 is 2.31 bits per heavy atom. The molecule has 0 unspecified atom stereocenters. The Hall–Kier alpha value is -2.49. The molecule has 0 spiro atoms. The molecule has 0 aliphatic heterocycles. The average molecular weight is 395 g/mol. The molecule has 0 saturated heterocycles. The fourth-order valence-corrected chi connectivity index (χ4v) is 4.61. The molecular weight excluding hydrogens is 366 g/mol. The lowest BCUT2D eigenvalue weighted by Crippen LogP contribution is -2.20. The molecule has 29 heavy (non-hydrogen) atoms. The maximum atomic E-state index is 14.7. The zero-order valence-corrected chi connectivity index (χ0v) is 17.2. The van der Waals surface area contributed by atoms with E-state index in [-0.39, 0.29) is 5.56 Å². The smallest absolute Gasteiger partial charge is 0.166 e. The predicted octanol–water partition coefficient (Wildman–Crippen LogP) is 7.02. The Bertz CT molecular complexity index is 970. The van der Waals surface area contributed by atoms with Crippen molar-refractivity contribution in [2.75, 3.05) is 0 Å². The molecule has 4 rings (SSSR count). The third-order valence-electron chi connectivity index (χ3n) is 6.45. The molecule has 0 radical (unpaired) electrons. The summed E-state index contributed by atoms with van der Waals surface area (Å²) >= 11 is 0. The summed E-state index contributed by atoms with van der Waals surface area (Å²) in [6, 6.07) is 14.1. The van der Waals surface area contributed by atoms with Gasteiger partial charge >= 0.3 is 0 Å². The Balaban J connectivity index is 1.75. The zero-order valence-electron chi connectivity index (χ0n) is 17.2. The van der Waals surface area contributed by atoms with Crippen molar-refractivity contribution in [2.45, 2.75) is 52.5 Å².